The average molecular weight is 358 g/mol. The zero-order chi connectivity index (χ0) is 18.2. The molecule has 2 aromatic carbocycles. The van der Waals surface area contributed by atoms with Crippen LogP contribution in [0.15, 0.2) is 53.4 Å². The lowest BCUT2D eigenvalue weighted by atomic mass is 10.1. The number of nitrogens with zero attached hydrogens (tertiary/aromatic N) is 1. The average Bonchev–Trinajstić information content (AvgIpc) is 2.54. The SMILES string of the molecule is Cc1cc(C(=O)Nc2cc(S(C)(=O)=O)ccc2F)c2ccccc2n1. The van der Waals surface area contributed by atoms with E-state index in [0.717, 1.165) is 24.5 Å². The summed E-state index contributed by atoms with van der Waals surface area (Å²) >= 11 is 0. The molecule has 0 aliphatic rings. The van der Waals surface area contributed by atoms with Crippen molar-refractivity contribution in [3.05, 3.63) is 65.6 Å². The molecule has 7 heteroatoms. The monoisotopic (exact) mass is 358 g/mol. The summed E-state index contributed by atoms with van der Waals surface area (Å²) < 4.78 is 37.3. The summed E-state index contributed by atoms with van der Waals surface area (Å²) in [6.45, 7) is 1.76. The molecular weight excluding hydrogens is 343 g/mol. The van der Waals surface area contributed by atoms with Crippen LogP contribution >= 0.6 is 0 Å². The Labute approximate surface area is 144 Å². The maximum Gasteiger partial charge on any atom is 0.256 e. The molecule has 1 heterocycles. The molecule has 0 saturated heterocycles. The molecule has 25 heavy (non-hydrogen) atoms. The normalized spacial score (nSPS) is 11.5. The van der Waals surface area contributed by atoms with Gasteiger partial charge in [0.1, 0.15) is 5.82 Å². The van der Waals surface area contributed by atoms with Gasteiger partial charge in [-0.3, -0.25) is 9.78 Å². The number of anilines is 1. The number of pyridine rings is 1. The van der Waals surface area contributed by atoms with Crippen LogP contribution in [0, 0.1) is 12.7 Å². The fraction of sp³-hybridized carbons (Fsp3) is 0.111. The molecule has 1 N–H and O–H groups in total. The van der Waals surface area contributed by atoms with Crippen LogP contribution in [0.4, 0.5) is 10.1 Å². The van der Waals surface area contributed by atoms with E-state index in [1.54, 1.807) is 31.2 Å². The van der Waals surface area contributed by atoms with Crippen molar-refractivity contribution < 1.29 is 17.6 Å². The van der Waals surface area contributed by atoms with E-state index in [0.29, 0.717) is 22.2 Å². The van der Waals surface area contributed by atoms with E-state index < -0.39 is 21.6 Å². The summed E-state index contributed by atoms with van der Waals surface area (Å²) in [5, 5.41) is 3.08. The first-order valence-corrected chi connectivity index (χ1v) is 9.32. The fourth-order valence-electron chi connectivity index (χ4n) is 2.52. The molecule has 0 aliphatic carbocycles. The van der Waals surface area contributed by atoms with Crippen molar-refractivity contribution in [2.75, 3.05) is 11.6 Å². The number of carbonyl (C=O) groups is 1. The highest BCUT2D eigenvalue weighted by Crippen LogP contribution is 2.23. The highest BCUT2D eigenvalue weighted by atomic mass is 32.2. The number of benzene rings is 2. The van der Waals surface area contributed by atoms with Crippen molar-refractivity contribution in [3.8, 4) is 0 Å². The zero-order valence-electron chi connectivity index (χ0n) is 13.6. The first kappa shape index (κ1) is 17.0. The van der Waals surface area contributed by atoms with Crippen molar-refractivity contribution >= 4 is 32.3 Å². The number of fused-ring (bicyclic) bond motifs is 1. The Morgan fingerprint density at radius 2 is 1.84 bits per heavy atom. The first-order chi connectivity index (χ1) is 11.8. The van der Waals surface area contributed by atoms with Crippen LogP contribution in [0.25, 0.3) is 10.9 Å². The molecule has 0 saturated carbocycles. The summed E-state index contributed by atoms with van der Waals surface area (Å²) in [7, 11) is -3.51. The minimum atomic E-state index is -3.51. The number of rotatable bonds is 3. The number of aryl methyl sites for hydroxylation is 1. The molecule has 3 rings (SSSR count). The van der Waals surface area contributed by atoms with Gasteiger partial charge < -0.3 is 5.32 Å². The van der Waals surface area contributed by atoms with Gasteiger partial charge in [-0.05, 0) is 37.3 Å². The summed E-state index contributed by atoms with van der Waals surface area (Å²) in [5.41, 5.74) is 1.45. The van der Waals surface area contributed by atoms with Crippen LogP contribution in [-0.2, 0) is 9.84 Å². The van der Waals surface area contributed by atoms with Crippen LogP contribution in [-0.4, -0.2) is 25.6 Å². The van der Waals surface area contributed by atoms with Crippen molar-refractivity contribution in [1.82, 2.24) is 4.98 Å². The van der Waals surface area contributed by atoms with E-state index in [2.05, 4.69) is 10.3 Å². The van der Waals surface area contributed by atoms with Crippen LogP contribution in [0.3, 0.4) is 0 Å². The lowest BCUT2D eigenvalue weighted by Gasteiger charge is -2.10. The lowest BCUT2D eigenvalue weighted by molar-refractivity contribution is 0.102. The molecule has 0 bridgehead atoms. The number of halogens is 1. The zero-order valence-corrected chi connectivity index (χ0v) is 14.4. The second kappa shape index (κ2) is 6.25. The van der Waals surface area contributed by atoms with Gasteiger partial charge in [-0.15, -0.1) is 0 Å². The highest BCUT2D eigenvalue weighted by Gasteiger charge is 2.16. The molecule has 0 atom stereocenters. The number of carbonyl (C=O) groups excluding carboxylic acids is 1. The topological polar surface area (TPSA) is 76.1 Å². The molecule has 0 unspecified atom stereocenters. The second-order valence-electron chi connectivity index (χ2n) is 5.70. The smallest absolute Gasteiger partial charge is 0.256 e. The van der Waals surface area contributed by atoms with Crippen molar-refractivity contribution in [3.63, 3.8) is 0 Å². The van der Waals surface area contributed by atoms with Crippen LogP contribution in [0.2, 0.25) is 0 Å². The predicted octanol–water partition coefficient (Wildman–Crippen LogP) is 3.34. The Hall–Kier alpha value is -2.80. The maximum atomic E-state index is 14.0. The molecule has 0 spiro atoms. The third kappa shape index (κ3) is 3.51. The summed E-state index contributed by atoms with van der Waals surface area (Å²) in [4.78, 5) is 16.9. The van der Waals surface area contributed by atoms with Gasteiger partial charge in [0.05, 0.1) is 21.7 Å². The molecule has 0 radical (unpaired) electrons. The molecular formula is C18H15FN2O3S. The van der Waals surface area contributed by atoms with E-state index in [-0.39, 0.29) is 10.6 Å². The number of para-hydroxylation sites is 1. The molecule has 0 fully saturated rings. The quantitative estimate of drug-likeness (QED) is 0.729. The van der Waals surface area contributed by atoms with Gasteiger partial charge in [-0.1, -0.05) is 18.2 Å². The number of sulfone groups is 1. The molecule has 3 aromatic rings. The molecule has 1 amide bonds. The van der Waals surface area contributed by atoms with Gasteiger partial charge in [0.25, 0.3) is 5.91 Å². The van der Waals surface area contributed by atoms with Crippen LogP contribution in [0.1, 0.15) is 16.1 Å². The summed E-state index contributed by atoms with van der Waals surface area (Å²) in [6.07, 6.45) is 1.02. The van der Waals surface area contributed by atoms with Gasteiger partial charge in [0.15, 0.2) is 9.84 Å². The Morgan fingerprint density at radius 1 is 1.12 bits per heavy atom. The minimum Gasteiger partial charge on any atom is -0.319 e. The Bertz CT molecular complexity index is 1090. The Kier molecular flexibility index (Phi) is 4.26. The maximum absolute atomic E-state index is 14.0. The van der Waals surface area contributed by atoms with E-state index in [4.69, 9.17) is 0 Å². The van der Waals surface area contributed by atoms with Gasteiger partial charge in [-0.25, -0.2) is 12.8 Å². The Morgan fingerprint density at radius 3 is 2.56 bits per heavy atom. The molecule has 128 valence electrons. The molecule has 0 aliphatic heterocycles. The third-order valence-corrected chi connectivity index (χ3v) is 4.81. The van der Waals surface area contributed by atoms with Crippen molar-refractivity contribution in [1.29, 1.82) is 0 Å². The first-order valence-electron chi connectivity index (χ1n) is 7.43. The van der Waals surface area contributed by atoms with Crippen LogP contribution < -0.4 is 5.32 Å². The number of hydrogen-bond donors (Lipinski definition) is 1. The van der Waals surface area contributed by atoms with E-state index in [9.17, 15) is 17.6 Å². The van der Waals surface area contributed by atoms with Crippen molar-refractivity contribution in [2.45, 2.75) is 11.8 Å². The minimum absolute atomic E-state index is 0.0695. The number of nitrogens with one attached hydrogen (secondary N) is 1. The van der Waals surface area contributed by atoms with Gasteiger partial charge in [0.2, 0.25) is 0 Å². The third-order valence-electron chi connectivity index (χ3n) is 3.70. The summed E-state index contributed by atoms with van der Waals surface area (Å²) in [5.74, 6) is -1.25. The number of hydrogen-bond acceptors (Lipinski definition) is 4. The lowest BCUT2D eigenvalue weighted by Crippen LogP contribution is -2.14. The standard InChI is InChI=1S/C18H15FN2O3S/c1-11-9-14(13-5-3-4-6-16(13)20-11)18(22)21-17-10-12(25(2,23)24)7-8-15(17)19/h3-10H,1-2H3,(H,21,22). The second-order valence-corrected chi connectivity index (χ2v) is 7.71. The number of amides is 1. The largest absolute Gasteiger partial charge is 0.319 e. The Balaban J connectivity index is 2.04. The highest BCUT2D eigenvalue weighted by molar-refractivity contribution is 7.90. The van der Waals surface area contributed by atoms with E-state index in [1.807, 2.05) is 6.07 Å². The van der Waals surface area contributed by atoms with E-state index >= 15 is 0 Å². The molecule has 1 aromatic heterocycles. The van der Waals surface area contributed by atoms with Crippen LogP contribution in [0.5, 0.6) is 0 Å². The molecule has 5 nitrogen and oxygen atoms in total. The van der Waals surface area contributed by atoms with Gasteiger partial charge >= 0.3 is 0 Å². The fourth-order valence-corrected chi connectivity index (χ4v) is 3.16. The van der Waals surface area contributed by atoms with Crippen molar-refractivity contribution in [2.24, 2.45) is 0 Å². The summed E-state index contributed by atoms with van der Waals surface area (Å²) in [6, 6.07) is 12.0. The van der Waals surface area contributed by atoms with Gasteiger partial charge in [0, 0.05) is 17.3 Å². The van der Waals surface area contributed by atoms with Gasteiger partial charge in [-0.2, -0.15) is 0 Å². The predicted molar refractivity (Wildman–Crippen MR) is 93.9 cm³/mol. The number of aromatic nitrogens is 1. The van der Waals surface area contributed by atoms with E-state index in [1.165, 1.54) is 0 Å².